The summed E-state index contributed by atoms with van der Waals surface area (Å²) in [5.74, 6) is -0.0800. The average Bonchev–Trinajstić information content (AvgIpc) is 3.08. The summed E-state index contributed by atoms with van der Waals surface area (Å²) in [7, 11) is -7.75. The molecule has 3 aliphatic heterocycles. The molecule has 0 amide bonds. The highest BCUT2D eigenvalue weighted by Crippen LogP contribution is 2.46. The van der Waals surface area contributed by atoms with Gasteiger partial charge in [-0.05, 0) is 0 Å². The Kier molecular flexibility index (Phi) is 5.14. The van der Waals surface area contributed by atoms with Crippen molar-refractivity contribution < 1.29 is 43.3 Å². The lowest BCUT2D eigenvalue weighted by atomic mass is 10.1. The van der Waals surface area contributed by atoms with Gasteiger partial charge in [-0.25, -0.2) is 19.2 Å². The van der Waals surface area contributed by atoms with Gasteiger partial charge in [0.1, 0.15) is 37.0 Å². The first-order valence-corrected chi connectivity index (χ1v) is 9.81. The van der Waals surface area contributed by atoms with Crippen molar-refractivity contribution in [3.05, 3.63) is 11.5 Å². The van der Waals surface area contributed by atoms with Crippen LogP contribution in [-0.4, -0.2) is 84.5 Å². The molecule has 0 aromatic rings. The molecule has 3 aliphatic rings. The minimum absolute atomic E-state index is 0.0271. The fraction of sp³-hybridized carbons (Fsp3) is 0.600. The van der Waals surface area contributed by atoms with Gasteiger partial charge in [-0.15, -0.1) is 9.42 Å². The van der Waals surface area contributed by atoms with Crippen LogP contribution in [0.25, 0.3) is 0 Å². The minimum Gasteiger partial charge on any atom is -0.387 e. The summed E-state index contributed by atoms with van der Waals surface area (Å²) in [6, 6.07) is 0. The molecule has 26 heavy (non-hydrogen) atoms. The lowest BCUT2D eigenvalue weighted by Gasteiger charge is -2.38. The maximum absolute atomic E-state index is 11.7. The van der Waals surface area contributed by atoms with E-state index in [-0.39, 0.29) is 11.5 Å². The van der Waals surface area contributed by atoms with E-state index in [0.717, 1.165) is 17.6 Å². The normalized spacial score (nSPS) is 34.7. The van der Waals surface area contributed by atoms with Gasteiger partial charge in [0, 0.05) is 4.57 Å². The molecular formula is C10H16N5O9P2+. The summed E-state index contributed by atoms with van der Waals surface area (Å²) in [6.07, 6.45) is -4.68. The number of rotatable bonds is 5. The van der Waals surface area contributed by atoms with Crippen LogP contribution in [0.5, 0.6) is 0 Å². The molecule has 0 saturated carbocycles. The van der Waals surface area contributed by atoms with Gasteiger partial charge in [-0.2, -0.15) is 0 Å². The fourth-order valence-corrected chi connectivity index (χ4v) is 3.75. The van der Waals surface area contributed by atoms with E-state index in [2.05, 4.69) is 14.5 Å². The van der Waals surface area contributed by atoms with Crippen LogP contribution < -0.4 is 5.73 Å². The first-order chi connectivity index (χ1) is 12.1. The zero-order valence-corrected chi connectivity index (χ0v) is 14.7. The number of nitrogens with zero attached hydrogens (tertiary/aromatic N) is 4. The van der Waals surface area contributed by atoms with E-state index in [0.29, 0.717) is 4.67 Å². The topological polar surface area (TPSA) is 211 Å². The molecule has 0 spiro atoms. The highest BCUT2D eigenvalue weighted by molar-refractivity contribution is 7.49. The molecule has 6 atom stereocenters. The first kappa shape index (κ1) is 19.3. The molecule has 1 saturated heterocycles. The molecule has 7 N–H and O–H groups in total. The lowest BCUT2D eigenvalue weighted by molar-refractivity contribution is -0.0813. The van der Waals surface area contributed by atoms with Crippen LogP contribution in [0.2, 0.25) is 0 Å². The molecule has 1 fully saturated rings. The highest BCUT2D eigenvalue weighted by Gasteiger charge is 2.52. The van der Waals surface area contributed by atoms with Crippen molar-refractivity contribution in [3.63, 3.8) is 0 Å². The largest absolute Gasteiger partial charge is 0.694 e. The van der Waals surface area contributed by atoms with Crippen molar-refractivity contribution in [1.29, 1.82) is 0 Å². The number of aliphatic imine (C=N–C) groups is 2. The van der Waals surface area contributed by atoms with E-state index < -0.39 is 53.3 Å². The zero-order valence-electron chi connectivity index (χ0n) is 12.9. The van der Waals surface area contributed by atoms with Crippen LogP contribution >= 0.6 is 16.0 Å². The Labute approximate surface area is 147 Å². The van der Waals surface area contributed by atoms with Crippen LogP contribution in [0.4, 0.5) is 0 Å². The first-order valence-electron chi connectivity index (χ1n) is 7.11. The van der Waals surface area contributed by atoms with Crippen LogP contribution in [0, 0.1) is 0 Å². The van der Waals surface area contributed by atoms with Crippen molar-refractivity contribution in [2.45, 2.75) is 30.7 Å². The van der Waals surface area contributed by atoms with Crippen molar-refractivity contribution >= 4 is 28.7 Å². The number of aliphatic hydroxyl groups excluding tert-OH is 2. The Morgan fingerprint density at radius 2 is 2.00 bits per heavy atom. The molecule has 0 radical (unpaired) electrons. The molecule has 14 nitrogen and oxygen atoms in total. The van der Waals surface area contributed by atoms with E-state index in [1.54, 1.807) is 0 Å². The second kappa shape index (κ2) is 6.93. The number of aliphatic hydroxyl groups is 2. The number of hydrogen-bond donors (Lipinski definition) is 6. The number of hydrogen-bond acceptors (Lipinski definition) is 10. The van der Waals surface area contributed by atoms with Gasteiger partial charge in [0.05, 0.1) is 6.34 Å². The molecule has 0 aromatic carbocycles. The molecule has 144 valence electrons. The van der Waals surface area contributed by atoms with Gasteiger partial charge in [-0.3, -0.25) is 0 Å². The van der Waals surface area contributed by atoms with E-state index >= 15 is 0 Å². The smallest absolute Gasteiger partial charge is 0.387 e. The molecule has 3 rings (SSSR count). The molecular weight excluding hydrogens is 396 g/mol. The quantitative estimate of drug-likeness (QED) is 0.255. The van der Waals surface area contributed by atoms with Crippen molar-refractivity contribution in [1.82, 2.24) is 9.57 Å². The lowest BCUT2D eigenvalue weighted by Crippen LogP contribution is -2.53. The second-order valence-electron chi connectivity index (χ2n) is 5.55. The molecule has 0 aromatic heterocycles. The van der Waals surface area contributed by atoms with Gasteiger partial charge in [0.15, 0.2) is 18.2 Å². The average molecular weight is 412 g/mol. The summed E-state index contributed by atoms with van der Waals surface area (Å²) in [6.45, 7) is -0.482. The summed E-state index contributed by atoms with van der Waals surface area (Å²) in [4.78, 5) is 36.5. The number of ether oxygens (including phenoxy) is 1. The predicted octanol–water partition coefficient (Wildman–Crippen LogP) is -2.67. The maximum atomic E-state index is 11.7. The maximum Gasteiger partial charge on any atom is 0.694 e. The van der Waals surface area contributed by atoms with Gasteiger partial charge in [-0.1, -0.05) is 0 Å². The molecule has 0 bridgehead atoms. The van der Waals surface area contributed by atoms with E-state index in [4.69, 9.17) is 15.4 Å². The molecule has 2 unspecified atom stereocenters. The number of nitrogens with two attached hydrogens (primary N) is 1. The zero-order chi connectivity index (χ0) is 19.2. The second-order valence-corrected chi connectivity index (χ2v) is 7.78. The van der Waals surface area contributed by atoms with Crippen LogP contribution in [-0.2, 0) is 18.4 Å². The van der Waals surface area contributed by atoms with Crippen LogP contribution in [0.1, 0.15) is 0 Å². The molecule has 3 heterocycles. The third-order valence-corrected chi connectivity index (χ3v) is 5.26. The summed E-state index contributed by atoms with van der Waals surface area (Å²) < 4.78 is 32.9. The monoisotopic (exact) mass is 412 g/mol. The van der Waals surface area contributed by atoms with Crippen molar-refractivity contribution in [2.75, 3.05) is 6.61 Å². The third kappa shape index (κ3) is 3.39. The Morgan fingerprint density at radius 3 is 2.62 bits per heavy atom. The predicted molar refractivity (Wildman–Crippen MR) is 84.2 cm³/mol. The van der Waals surface area contributed by atoms with Gasteiger partial charge in [0.25, 0.3) is 0 Å². The SMILES string of the molecule is NC1=C2N=CN([C@@H]3O[C@H](CO[P+](=O)O)[C@@H](O)[C@H]3O)C2N(P(=O)(O)O)C=N1. The fourth-order valence-electron chi connectivity index (χ4n) is 2.78. The number of fused-ring (bicyclic) bond motifs is 1. The standard InChI is InChI=1S/C10H15N5O9P2/c11-8-5-9(15(3-13-8)26(20,21)22)14(2-12-5)10-7(17)6(16)4(24-10)1-23-25(18)19/h2-4,6-7,9-10,16-17H,1,11H2,(H2-,18,19,20,21,22)/p+1/t4-,6-,7-,9?,10-/m1/s1. The van der Waals surface area contributed by atoms with Gasteiger partial charge < -0.3 is 35.4 Å². The Bertz CT molecular complexity index is 738. The van der Waals surface area contributed by atoms with Gasteiger partial charge in [0.2, 0.25) is 0 Å². The van der Waals surface area contributed by atoms with E-state index in [1.807, 2.05) is 0 Å². The Morgan fingerprint density at radius 1 is 1.31 bits per heavy atom. The Balaban J connectivity index is 1.85. The van der Waals surface area contributed by atoms with Crippen LogP contribution in [0.3, 0.4) is 0 Å². The Hall–Kier alpha value is -1.47. The van der Waals surface area contributed by atoms with Crippen LogP contribution in [0.15, 0.2) is 21.5 Å². The van der Waals surface area contributed by atoms with Crippen molar-refractivity contribution in [2.24, 2.45) is 15.7 Å². The minimum atomic E-state index is -4.81. The molecule has 0 aliphatic carbocycles. The summed E-state index contributed by atoms with van der Waals surface area (Å²) in [5, 5.41) is 20.3. The third-order valence-electron chi connectivity index (χ3n) is 3.97. The summed E-state index contributed by atoms with van der Waals surface area (Å²) in [5.41, 5.74) is 5.71. The summed E-state index contributed by atoms with van der Waals surface area (Å²) >= 11 is 0. The van der Waals surface area contributed by atoms with Crippen molar-refractivity contribution in [3.8, 4) is 0 Å². The highest BCUT2D eigenvalue weighted by atomic mass is 31.2. The molecule has 16 heteroatoms. The van der Waals surface area contributed by atoms with E-state index in [1.165, 1.54) is 0 Å². The van der Waals surface area contributed by atoms with E-state index in [9.17, 15) is 29.1 Å². The van der Waals surface area contributed by atoms with Gasteiger partial charge >= 0.3 is 16.0 Å².